The van der Waals surface area contributed by atoms with Gasteiger partial charge in [0.15, 0.2) is 11.5 Å². The van der Waals surface area contributed by atoms with Gasteiger partial charge in [0.25, 0.3) is 0 Å². The quantitative estimate of drug-likeness (QED) is 0.500. The van der Waals surface area contributed by atoms with Crippen molar-refractivity contribution in [3.05, 3.63) is 48.0 Å². The number of amides is 3. The first kappa shape index (κ1) is 22.3. The molecular weight excluding hydrogens is 430 g/mol. The Morgan fingerprint density at radius 1 is 1.12 bits per heavy atom. The number of nitrogens with one attached hydrogen (secondary N) is 2. The number of carboxylic acid groups (broad SMARTS) is 1. The second kappa shape index (κ2) is 7.89. The van der Waals surface area contributed by atoms with Crippen LogP contribution in [0.5, 0.6) is 11.5 Å². The Labute approximate surface area is 189 Å². The molecule has 2 saturated heterocycles. The minimum Gasteiger partial charge on any atom is -0.504 e. The standard InChI is InChI=1S/C23H23N3O7/c1-11(27)24-12-7-9-13(10-8-12)26-20(29)16-17(21(26)30)23(2,22(31)32)25-18(16)14-5-4-6-15(33-3)19(14)28/h4-10,16-18,25,28H,1-3H3,(H,24,27)(H,31,32)/t16-,17+,18+,23-/m1/s1. The van der Waals surface area contributed by atoms with Gasteiger partial charge in [-0.25, -0.2) is 4.90 Å². The molecule has 0 unspecified atom stereocenters. The molecule has 172 valence electrons. The van der Waals surface area contributed by atoms with E-state index in [1.54, 1.807) is 24.3 Å². The zero-order valence-electron chi connectivity index (χ0n) is 18.2. The molecule has 33 heavy (non-hydrogen) atoms. The van der Waals surface area contributed by atoms with Gasteiger partial charge in [0.05, 0.1) is 24.6 Å². The molecule has 4 atom stereocenters. The molecule has 2 fully saturated rings. The summed E-state index contributed by atoms with van der Waals surface area (Å²) in [5.74, 6) is -5.12. The molecule has 0 saturated carbocycles. The van der Waals surface area contributed by atoms with E-state index in [9.17, 15) is 29.4 Å². The highest BCUT2D eigenvalue weighted by molar-refractivity contribution is 6.24. The lowest BCUT2D eigenvalue weighted by molar-refractivity contribution is -0.147. The Bertz CT molecular complexity index is 1160. The van der Waals surface area contributed by atoms with Gasteiger partial charge in [-0.1, -0.05) is 12.1 Å². The number of hydrogen-bond acceptors (Lipinski definition) is 7. The molecule has 2 aliphatic heterocycles. The number of phenolic OH excluding ortho intramolecular Hbond substituents is 1. The zero-order chi connectivity index (χ0) is 24.1. The van der Waals surface area contributed by atoms with Crippen molar-refractivity contribution in [2.24, 2.45) is 11.8 Å². The second-order valence-corrected chi connectivity index (χ2v) is 8.27. The number of anilines is 2. The Morgan fingerprint density at radius 3 is 2.36 bits per heavy atom. The maximum absolute atomic E-state index is 13.5. The first-order valence-corrected chi connectivity index (χ1v) is 10.2. The monoisotopic (exact) mass is 453 g/mol. The molecule has 10 nitrogen and oxygen atoms in total. The van der Waals surface area contributed by atoms with Crippen molar-refractivity contribution in [3.8, 4) is 11.5 Å². The summed E-state index contributed by atoms with van der Waals surface area (Å²) < 4.78 is 5.15. The van der Waals surface area contributed by atoms with Gasteiger partial charge < -0.3 is 20.3 Å². The topological polar surface area (TPSA) is 145 Å². The Balaban J connectivity index is 1.78. The molecule has 3 amide bonds. The first-order valence-electron chi connectivity index (χ1n) is 10.2. The van der Waals surface area contributed by atoms with Gasteiger partial charge >= 0.3 is 5.97 Å². The van der Waals surface area contributed by atoms with Gasteiger partial charge in [0.2, 0.25) is 17.7 Å². The van der Waals surface area contributed by atoms with E-state index in [0.29, 0.717) is 5.69 Å². The maximum atomic E-state index is 13.5. The van der Waals surface area contributed by atoms with Gasteiger partial charge in [-0.2, -0.15) is 0 Å². The highest BCUT2D eigenvalue weighted by Crippen LogP contribution is 2.51. The fraction of sp³-hybridized carbons (Fsp3) is 0.304. The number of carbonyl (C=O) groups is 4. The van der Waals surface area contributed by atoms with Gasteiger partial charge in [-0.3, -0.25) is 24.5 Å². The number of para-hydroxylation sites is 1. The Morgan fingerprint density at radius 2 is 1.79 bits per heavy atom. The van der Waals surface area contributed by atoms with Crippen LogP contribution < -0.4 is 20.3 Å². The number of carboxylic acids is 1. The highest BCUT2D eigenvalue weighted by atomic mass is 16.5. The van der Waals surface area contributed by atoms with E-state index in [1.165, 1.54) is 39.2 Å². The third kappa shape index (κ3) is 3.39. The van der Waals surface area contributed by atoms with Crippen molar-refractivity contribution in [1.82, 2.24) is 5.32 Å². The molecule has 0 radical (unpaired) electrons. The molecule has 2 aromatic carbocycles. The van der Waals surface area contributed by atoms with Crippen LogP contribution in [0.3, 0.4) is 0 Å². The summed E-state index contributed by atoms with van der Waals surface area (Å²) in [6, 6.07) is 9.87. The number of aromatic hydroxyl groups is 1. The van der Waals surface area contributed by atoms with Gasteiger partial charge in [-0.05, 0) is 37.3 Å². The number of imide groups is 1. The summed E-state index contributed by atoms with van der Waals surface area (Å²) in [5, 5.41) is 26.1. The predicted octanol–water partition coefficient (Wildman–Crippen LogP) is 1.65. The molecule has 4 N–H and O–H groups in total. The van der Waals surface area contributed by atoms with Crippen molar-refractivity contribution in [3.63, 3.8) is 0 Å². The number of fused-ring (bicyclic) bond motifs is 1. The van der Waals surface area contributed by atoms with Crippen molar-refractivity contribution in [2.75, 3.05) is 17.3 Å². The smallest absolute Gasteiger partial charge is 0.324 e. The number of carbonyl (C=O) groups excluding carboxylic acids is 3. The van der Waals surface area contributed by atoms with Crippen LogP contribution >= 0.6 is 0 Å². The van der Waals surface area contributed by atoms with Gasteiger partial charge in [-0.15, -0.1) is 0 Å². The third-order valence-electron chi connectivity index (χ3n) is 6.26. The molecule has 2 aromatic rings. The fourth-order valence-electron chi connectivity index (χ4n) is 4.71. The predicted molar refractivity (Wildman–Crippen MR) is 117 cm³/mol. The van der Waals surface area contributed by atoms with E-state index in [2.05, 4.69) is 10.6 Å². The minimum absolute atomic E-state index is 0.164. The molecule has 2 heterocycles. The number of aliphatic carboxylic acids is 1. The van der Waals surface area contributed by atoms with Crippen molar-refractivity contribution < 1.29 is 34.1 Å². The average Bonchev–Trinajstić information content (AvgIpc) is 3.22. The molecule has 0 aliphatic carbocycles. The van der Waals surface area contributed by atoms with Crippen LogP contribution in [0, 0.1) is 11.8 Å². The van der Waals surface area contributed by atoms with Crippen molar-refractivity contribution in [2.45, 2.75) is 25.4 Å². The van der Waals surface area contributed by atoms with Crippen LogP contribution in [-0.4, -0.2) is 46.6 Å². The molecule has 4 rings (SSSR count). The second-order valence-electron chi connectivity index (χ2n) is 8.27. The lowest BCUT2D eigenvalue weighted by atomic mass is 9.80. The van der Waals surface area contributed by atoms with Crippen LogP contribution in [0.1, 0.15) is 25.5 Å². The number of rotatable bonds is 5. The summed E-state index contributed by atoms with van der Waals surface area (Å²) >= 11 is 0. The number of benzene rings is 2. The molecule has 0 aromatic heterocycles. The van der Waals surface area contributed by atoms with E-state index in [0.717, 1.165) is 4.90 Å². The number of nitrogens with zero attached hydrogens (tertiary/aromatic N) is 1. The third-order valence-corrected chi connectivity index (χ3v) is 6.26. The summed E-state index contributed by atoms with van der Waals surface area (Å²) in [6.07, 6.45) is 0. The van der Waals surface area contributed by atoms with Crippen LogP contribution in [-0.2, 0) is 19.2 Å². The average molecular weight is 453 g/mol. The lowest BCUT2D eigenvalue weighted by Gasteiger charge is -2.27. The van der Waals surface area contributed by atoms with E-state index in [1.807, 2.05) is 0 Å². The van der Waals surface area contributed by atoms with E-state index in [-0.39, 0.29) is 28.7 Å². The number of ether oxygens (including phenoxy) is 1. The summed E-state index contributed by atoms with van der Waals surface area (Å²) in [7, 11) is 1.38. The Hall–Kier alpha value is -3.92. The zero-order valence-corrected chi connectivity index (χ0v) is 18.2. The van der Waals surface area contributed by atoms with Crippen LogP contribution in [0.15, 0.2) is 42.5 Å². The van der Waals surface area contributed by atoms with E-state index < -0.39 is 41.2 Å². The number of methoxy groups -OCH3 is 1. The van der Waals surface area contributed by atoms with E-state index in [4.69, 9.17) is 4.74 Å². The number of hydrogen-bond donors (Lipinski definition) is 4. The Kier molecular flexibility index (Phi) is 5.33. The molecule has 0 spiro atoms. The summed E-state index contributed by atoms with van der Waals surface area (Å²) in [5.41, 5.74) is -0.738. The summed E-state index contributed by atoms with van der Waals surface area (Å²) in [6.45, 7) is 2.72. The normalized spacial score (nSPS) is 26.3. The van der Waals surface area contributed by atoms with Gasteiger partial charge in [0, 0.05) is 24.2 Å². The number of phenols is 1. The van der Waals surface area contributed by atoms with E-state index >= 15 is 0 Å². The first-order chi connectivity index (χ1) is 15.6. The minimum atomic E-state index is -1.75. The molecule has 0 bridgehead atoms. The van der Waals surface area contributed by atoms with Crippen molar-refractivity contribution in [1.29, 1.82) is 0 Å². The van der Waals surface area contributed by atoms with Crippen LogP contribution in [0.2, 0.25) is 0 Å². The fourth-order valence-corrected chi connectivity index (χ4v) is 4.71. The largest absolute Gasteiger partial charge is 0.504 e. The van der Waals surface area contributed by atoms with Gasteiger partial charge in [0.1, 0.15) is 5.54 Å². The molecular formula is C23H23N3O7. The van der Waals surface area contributed by atoms with Crippen molar-refractivity contribution >= 4 is 35.1 Å². The molecule has 10 heteroatoms. The van der Waals surface area contributed by atoms with Crippen LogP contribution in [0.25, 0.3) is 0 Å². The lowest BCUT2D eigenvalue weighted by Crippen LogP contribution is -2.53. The highest BCUT2D eigenvalue weighted by Gasteiger charge is 2.67. The van der Waals surface area contributed by atoms with Crippen LogP contribution in [0.4, 0.5) is 11.4 Å². The summed E-state index contributed by atoms with van der Waals surface area (Å²) in [4.78, 5) is 51.4. The SMILES string of the molecule is COc1cccc([C@@H]2N[C@@](C)(C(=O)O)[C@@H]3C(=O)N(c4ccc(NC(C)=O)cc4)C(=O)[C@H]32)c1O. The maximum Gasteiger partial charge on any atom is 0.324 e. The molecule has 2 aliphatic rings.